The molecule has 33 heavy (non-hydrogen) atoms. The Morgan fingerprint density at radius 3 is 2.24 bits per heavy atom. The summed E-state index contributed by atoms with van der Waals surface area (Å²) in [4.78, 5) is 26.8. The van der Waals surface area contributed by atoms with Crippen molar-refractivity contribution in [2.75, 3.05) is 13.1 Å². The van der Waals surface area contributed by atoms with E-state index in [4.69, 9.17) is 0 Å². The number of hydrogen-bond acceptors (Lipinski definition) is 3. The summed E-state index contributed by atoms with van der Waals surface area (Å²) in [6.45, 7) is 1.74. The van der Waals surface area contributed by atoms with Crippen LogP contribution in [0.4, 0.5) is 13.2 Å². The Bertz CT molecular complexity index is 1220. The molecule has 2 aromatic carbocycles. The number of hydrogen-bond donors (Lipinski definition) is 3. The number of pyridine rings is 1. The van der Waals surface area contributed by atoms with Crippen LogP contribution in [0.15, 0.2) is 77.6 Å². The molecule has 5 nitrogen and oxygen atoms in total. The Labute approximate surface area is 188 Å². The molecule has 0 saturated carbocycles. The van der Waals surface area contributed by atoms with Crippen LogP contribution in [0.3, 0.4) is 0 Å². The van der Waals surface area contributed by atoms with Crippen molar-refractivity contribution in [1.29, 1.82) is 0 Å². The van der Waals surface area contributed by atoms with E-state index in [1.807, 2.05) is 54.6 Å². The summed E-state index contributed by atoms with van der Waals surface area (Å²) >= 11 is 0. The lowest BCUT2D eigenvalue weighted by Crippen LogP contribution is -2.34. The second-order valence-corrected chi connectivity index (χ2v) is 7.74. The van der Waals surface area contributed by atoms with Gasteiger partial charge in [0.05, 0.1) is 6.04 Å². The Kier molecular flexibility index (Phi) is 6.46. The van der Waals surface area contributed by atoms with Gasteiger partial charge in [0.2, 0.25) is 0 Å². The molecular formula is C25H22F3N3O2. The summed E-state index contributed by atoms with van der Waals surface area (Å²) in [6, 6.07) is 18.0. The number of benzene rings is 2. The fraction of sp³-hybridized carbons (Fsp3) is 0.200. The number of halogens is 3. The maximum absolute atomic E-state index is 12.9. The van der Waals surface area contributed by atoms with Crippen molar-refractivity contribution < 1.29 is 18.0 Å². The predicted octanol–water partition coefficient (Wildman–Crippen LogP) is 4.29. The highest BCUT2D eigenvalue weighted by molar-refractivity contribution is 5.94. The lowest BCUT2D eigenvalue weighted by molar-refractivity contribution is -0.141. The monoisotopic (exact) mass is 453 g/mol. The third kappa shape index (κ3) is 5.23. The zero-order chi connectivity index (χ0) is 23.4. The van der Waals surface area contributed by atoms with E-state index in [1.54, 1.807) is 4.98 Å². The molecule has 3 N–H and O–H groups in total. The van der Waals surface area contributed by atoms with Crippen molar-refractivity contribution in [2.24, 2.45) is 0 Å². The first-order chi connectivity index (χ1) is 15.8. The lowest BCUT2D eigenvalue weighted by Gasteiger charge is -2.21. The van der Waals surface area contributed by atoms with E-state index in [1.165, 1.54) is 5.57 Å². The van der Waals surface area contributed by atoms with Crippen molar-refractivity contribution >= 4 is 11.5 Å². The molecule has 3 aromatic rings. The Morgan fingerprint density at radius 1 is 0.939 bits per heavy atom. The minimum Gasteiger partial charge on any atom is -0.341 e. The Balaban J connectivity index is 1.63. The van der Waals surface area contributed by atoms with Crippen LogP contribution in [0.5, 0.6) is 0 Å². The van der Waals surface area contributed by atoms with Gasteiger partial charge in [-0.3, -0.25) is 9.59 Å². The predicted molar refractivity (Wildman–Crippen MR) is 120 cm³/mol. The van der Waals surface area contributed by atoms with Crippen LogP contribution in [0, 0.1) is 0 Å². The molecule has 0 saturated heterocycles. The largest absolute Gasteiger partial charge is 0.431 e. The van der Waals surface area contributed by atoms with Crippen molar-refractivity contribution in [3.05, 3.63) is 111 Å². The van der Waals surface area contributed by atoms with Gasteiger partial charge < -0.3 is 15.6 Å². The molecule has 1 amide bonds. The summed E-state index contributed by atoms with van der Waals surface area (Å²) in [6.07, 6.45) is -1.63. The number of rotatable bonds is 5. The first-order valence-corrected chi connectivity index (χ1v) is 10.5. The lowest BCUT2D eigenvalue weighted by atomic mass is 9.94. The van der Waals surface area contributed by atoms with E-state index in [0.29, 0.717) is 6.07 Å². The van der Waals surface area contributed by atoms with Gasteiger partial charge in [0.1, 0.15) is 11.3 Å². The number of alkyl halides is 3. The molecule has 8 heteroatoms. The summed E-state index contributed by atoms with van der Waals surface area (Å²) in [5.74, 6) is -0.760. The van der Waals surface area contributed by atoms with Crippen LogP contribution in [0.25, 0.3) is 5.57 Å². The minimum atomic E-state index is -4.70. The minimum absolute atomic E-state index is 0.389. The number of nitrogens with one attached hydrogen (secondary N) is 3. The van der Waals surface area contributed by atoms with Crippen LogP contribution < -0.4 is 16.2 Å². The molecule has 1 atom stereocenters. The first kappa shape index (κ1) is 22.5. The van der Waals surface area contributed by atoms with E-state index in [2.05, 4.69) is 16.7 Å². The number of H-pyrrole nitrogens is 1. The van der Waals surface area contributed by atoms with Crippen LogP contribution >= 0.6 is 0 Å². The van der Waals surface area contributed by atoms with Crippen LogP contribution in [0.2, 0.25) is 0 Å². The van der Waals surface area contributed by atoms with Gasteiger partial charge in [0, 0.05) is 6.54 Å². The number of carbonyl (C=O) groups excluding carboxylic acids is 1. The molecule has 0 spiro atoms. The van der Waals surface area contributed by atoms with Gasteiger partial charge in [-0.05, 0) is 47.4 Å². The molecular weight excluding hydrogens is 431 g/mol. The van der Waals surface area contributed by atoms with Crippen molar-refractivity contribution in [1.82, 2.24) is 15.6 Å². The summed E-state index contributed by atoms with van der Waals surface area (Å²) < 4.78 is 38.5. The van der Waals surface area contributed by atoms with E-state index < -0.39 is 29.4 Å². The van der Waals surface area contributed by atoms with Crippen LogP contribution in [0.1, 0.15) is 45.2 Å². The second-order valence-electron chi connectivity index (χ2n) is 7.74. The topological polar surface area (TPSA) is 74.0 Å². The molecule has 2 heterocycles. The molecule has 170 valence electrons. The second kappa shape index (κ2) is 9.46. The number of aromatic amines is 1. The molecule has 0 fully saturated rings. The third-order valence-electron chi connectivity index (χ3n) is 5.55. The van der Waals surface area contributed by atoms with Gasteiger partial charge >= 0.3 is 6.18 Å². The Hall–Kier alpha value is -3.65. The quantitative estimate of drug-likeness (QED) is 0.540. The van der Waals surface area contributed by atoms with Gasteiger partial charge in [0.25, 0.3) is 11.5 Å². The molecule has 0 radical (unpaired) electrons. The highest BCUT2D eigenvalue weighted by Gasteiger charge is 2.32. The molecule has 0 aliphatic carbocycles. The van der Waals surface area contributed by atoms with Gasteiger partial charge in [-0.25, -0.2) is 0 Å². The SMILES string of the molecule is O=C(NC(c1ccccc1)c1ccc(C2=CCNCC2)cc1)c1ccc(C(F)(F)F)[nH]c1=O. The average molecular weight is 453 g/mol. The van der Waals surface area contributed by atoms with Crippen molar-refractivity contribution in [3.8, 4) is 0 Å². The molecule has 4 rings (SSSR count). The van der Waals surface area contributed by atoms with Gasteiger partial charge in [-0.2, -0.15) is 13.2 Å². The highest BCUT2D eigenvalue weighted by Crippen LogP contribution is 2.28. The summed E-state index contributed by atoms with van der Waals surface area (Å²) in [5, 5.41) is 6.07. The number of amides is 1. The average Bonchev–Trinajstić information content (AvgIpc) is 2.83. The van der Waals surface area contributed by atoms with E-state index >= 15 is 0 Å². The van der Waals surface area contributed by atoms with Crippen LogP contribution in [-0.2, 0) is 6.18 Å². The van der Waals surface area contributed by atoms with Crippen molar-refractivity contribution in [2.45, 2.75) is 18.6 Å². The molecule has 1 aliphatic heterocycles. The van der Waals surface area contributed by atoms with E-state index in [9.17, 15) is 22.8 Å². The maximum atomic E-state index is 12.9. The zero-order valence-electron chi connectivity index (χ0n) is 17.6. The standard InChI is InChI=1S/C25H22F3N3O2/c26-25(27,28)21-11-10-20(23(32)30-21)24(33)31-22(18-4-2-1-3-5-18)19-8-6-16(7-9-19)17-12-14-29-15-13-17/h1-12,22,29H,13-15H2,(H,30,32)(H,31,33). The normalized spacial score (nSPS) is 14.9. The maximum Gasteiger partial charge on any atom is 0.431 e. The molecule has 0 bridgehead atoms. The first-order valence-electron chi connectivity index (χ1n) is 10.5. The van der Waals surface area contributed by atoms with Gasteiger partial charge in [-0.1, -0.05) is 60.7 Å². The zero-order valence-corrected chi connectivity index (χ0v) is 17.6. The fourth-order valence-corrected chi connectivity index (χ4v) is 3.81. The number of aromatic nitrogens is 1. The number of carbonyl (C=O) groups is 1. The fourth-order valence-electron chi connectivity index (χ4n) is 3.81. The summed E-state index contributed by atoms with van der Waals surface area (Å²) in [7, 11) is 0. The van der Waals surface area contributed by atoms with E-state index in [0.717, 1.165) is 42.3 Å². The van der Waals surface area contributed by atoms with Crippen LogP contribution in [-0.4, -0.2) is 24.0 Å². The molecule has 1 aliphatic rings. The molecule has 1 aromatic heterocycles. The molecule has 1 unspecified atom stereocenters. The highest BCUT2D eigenvalue weighted by atomic mass is 19.4. The van der Waals surface area contributed by atoms with Gasteiger partial charge in [0.15, 0.2) is 0 Å². The summed E-state index contributed by atoms with van der Waals surface area (Å²) in [5.41, 5.74) is 1.22. The Morgan fingerprint density at radius 2 is 1.64 bits per heavy atom. The third-order valence-corrected chi connectivity index (χ3v) is 5.55. The smallest absolute Gasteiger partial charge is 0.341 e. The van der Waals surface area contributed by atoms with Gasteiger partial charge in [-0.15, -0.1) is 0 Å². The van der Waals surface area contributed by atoms with E-state index in [-0.39, 0.29) is 5.56 Å². The van der Waals surface area contributed by atoms with Crippen molar-refractivity contribution in [3.63, 3.8) is 0 Å².